The van der Waals surface area contributed by atoms with Crippen LogP contribution in [0.1, 0.15) is 47.8 Å². The molecule has 1 N–H and O–H groups in total. The Morgan fingerprint density at radius 1 is 1.00 bits per heavy atom. The van der Waals surface area contributed by atoms with Gasteiger partial charge in [0.05, 0.1) is 11.1 Å². The molecule has 3 heterocycles. The van der Waals surface area contributed by atoms with E-state index in [0.29, 0.717) is 0 Å². The van der Waals surface area contributed by atoms with E-state index in [9.17, 15) is 4.79 Å². The number of carbonyl (C=O) groups excluding carboxylic acids is 1. The van der Waals surface area contributed by atoms with E-state index >= 15 is 0 Å². The summed E-state index contributed by atoms with van der Waals surface area (Å²) in [5, 5.41) is 4.09. The van der Waals surface area contributed by atoms with Gasteiger partial charge in [0.2, 0.25) is 0 Å². The molecule has 160 valence electrons. The molecule has 0 radical (unpaired) electrons. The van der Waals surface area contributed by atoms with Crippen LogP contribution in [0.25, 0.3) is 10.9 Å². The van der Waals surface area contributed by atoms with E-state index in [2.05, 4.69) is 34.2 Å². The second-order valence-corrected chi connectivity index (χ2v) is 8.60. The molecule has 1 amide bonds. The van der Waals surface area contributed by atoms with Gasteiger partial charge in [-0.15, -0.1) is 0 Å². The maximum absolute atomic E-state index is 13.5. The molecule has 2 aliphatic heterocycles. The van der Waals surface area contributed by atoms with Gasteiger partial charge in [0.15, 0.2) is 0 Å². The molecule has 3 aromatic rings. The number of anilines is 2. The van der Waals surface area contributed by atoms with Gasteiger partial charge in [-0.05, 0) is 56.1 Å². The van der Waals surface area contributed by atoms with Crippen LogP contribution < -0.4 is 10.2 Å². The Bertz CT molecular complexity index is 1090. The maximum atomic E-state index is 13.5. The fraction of sp³-hybridized carbons (Fsp3) is 0.385. The van der Waals surface area contributed by atoms with Gasteiger partial charge < -0.3 is 10.2 Å². The quantitative estimate of drug-likeness (QED) is 0.663. The van der Waals surface area contributed by atoms with Gasteiger partial charge in [0, 0.05) is 60.6 Å². The summed E-state index contributed by atoms with van der Waals surface area (Å²) >= 11 is 0. The van der Waals surface area contributed by atoms with Crippen molar-refractivity contribution in [2.24, 2.45) is 0 Å². The first kappa shape index (κ1) is 20.0. The third-order valence-corrected chi connectivity index (χ3v) is 6.65. The summed E-state index contributed by atoms with van der Waals surface area (Å²) in [5.74, 6) is -0.0430. The van der Waals surface area contributed by atoms with E-state index in [1.165, 1.54) is 24.9 Å². The van der Waals surface area contributed by atoms with Crippen molar-refractivity contribution in [3.8, 4) is 0 Å². The highest BCUT2D eigenvalue weighted by Crippen LogP contribution is 2.29. The highest BCUT2D eigenvalue weighted by molar-refractivity contribution is 6.13. The normalized spacial score (nSPS) is 16.9. The van der Waals surface area contributed by atoms with Gasteiger partial charge in [0.25, 0.3) is 5.91 Å². The zero-order valence-electron chi connectivity index (χ0n) is 18.2. The first-order valence-corrected chi connectivity index (χ1v) is 11.5. The molecule has 5 rings (SSSR count). The van der Waals surface area contributed by atoms with Gasteiger partial charge in [-0.3, -0.25) is 14.7 Å². The average Bonchev–Trinajstić information content (AvgIpc) is 2.83. The van der Waals surface area contributed by atoms with Crippen LogP contribution in [0.2, 0.25) is 0 Å². The molecule has 0 atom stereocenters. The van der Waals surface area contributed by atoms with Gasteiger partial charge in [-0.1, -0.05) is 25.1 Å². The van der Waals surface area contributed by atoms with Crippen molar-refractivity contribution in [2.45, 2.75) is 39.2 Å². The Kier molecular flexibility index (Phi) is 5.60. The average molecular weight is 415 g/mol. The van der Waals surface area contributed by atoms with Crippen LogP contribution in [0.5, 0.6) is 0 Å². The first-order valence-electron chi connectivity index (χ1n) is 11.5. The second-order valence-electron chi connectivity index (χ2n) is 8.60. The number of benzene rings is 2. The van der Waals surface area contributed by atoms with Crippen molar-refractivity contribution >= 4 is 28.2 Å². The number of carbonyl (C=O) groups is 1. The van der Waals surface area contributed by atoms with Gasteiger partial charge >= 0.3 is 0 Å². The Morgan fingerprint density at radius 3 is 2.55 bits per heavy atom. The lowest BCUT2D eigenvalue weighted by atomic mass is 9.95. The Labute approximate surface area is 184 Å². The van der Waals surface area contributed by atoms with E-state index in [-0.39, 0.29) is 5.91 Å². The van der Waals surface area contributed by atoms with Crippen molar-refractivity contribution in [2.75, 3.05) is 36.4 Å². The molecule has 0 bridgehead atoms. The lowest BCUT2D eigenvalue weighted by Crippen LogP contribution is -2.33. The third-order valence-electron chi connectivity index (χ3n) is 6.65. The standard InChI is InChI=1S/C26H30N4O/c1-2-29-17-14-24-22(18-29)25(21-8-4-5-9-23(21)28-24)26(31)27-19-10-12-20(13-11-19)30-15-6-3-7-16-30/h4-5,8-13H,2-3,6-7,14-18H2,1H3,(H,27,31). The molecule has 2 aliphatic rings. The van der Waals surface area contributed by atoms with Crippen molar-refractivity contribution in [1.82, 2.24) is 9.88 Å². The summed E-state index contributed by atoms with van der Waals surface area (Å²) < 4.78 is 0. The molecule has 5 heteroatoms. The number of nitrogens with one attached hydrogen (secondary N) is 1. The number of rotatable bonds is 4. The van der Waals surface area contributed by atoms with Crippen LogP contribution in [0.4, 0.5) is 11.4 Å². The number of likely N-dealkylation sites (N-methyl/N-ethyl adjacent to an activating group) is 1. The minimum atomic E-state index is -0.0430. The number of fused-ring (bicyclic) bond motifs is 2. The number of hydrogen-bond donors (Lipinski definition) is 1. The Morgan fingerprint density at radius 2 is 1.77 bits per heavy atom. The minimum Gasteiger partial charge on any atom is -0.372 e. The number of piperidine rings is 1. The highest BCUT2D eigenvalue weighted by atomic mass is 16.1. The fourth-order valence-corrected chi connectivity index (χ4v) is 4.88. The molecular weight excluding hydrogens is 384 g/mol. The first-order chi connectivity index (χ1) is 15.2. The summed E-state index contributed by atoms with van der Waals surface area (Å²) in [4.78, 5) is 23.2. The molecule has 2 aromatic carbocycles. The number of nitrogens with zero attached hydrogens (tertiary/aromatic N) is 3. The molecular formula is C26H30N4O. The molecule has 5 nitrogen and oxygen atoms in total. The zero-order valence-corrected chi connectivity index (χ0v) is 18.2. The van der Waals surface area contributed by atoms with Crippen molar-refractivity contribution in [3.63, 3.8) is 0 Å². The van der Waals surface area contributed by atoms with E-state index in [1.807, 2.05) is 36.4 Å². The Hall–Kier alpha value is -2.92. The lowest BCUT2D eigenvalue weighted by molar-refractivity contribution is 0.102. The van der Waals surface area contributed by atoms with Crippen LogP contribution in [0.15, 0.2) is 48.5 Å². The monoisotopic (exact) mass is 414 g/mol. The maximum Gasteiger partial charge on any atom is 0.256 e. The van der Waals surface area contributed by atoms with Crippen molar-refractivity contribution in [1.29, 1.82) is 0 Å². The molecule has 0 unspecified atom stereocenters. The fourth-order valence-electron chi connectivity index (χ4n) is 4.88. The number of hydrogen-bond acceptors (Lipinski definition) is 4. The summed E-state index contributed by atoms with van der Waals surface area (Å²) in [6.45, 7) is 7.16. The minimum absolute atomic E-state index is 0.0430. The molecule has 1 fully saturated rings. The molecule has 0 aliphatic carbocycles. The topological polar surface area (TPSA) is 48.5 Å². The molecule has 1 saturated heterocycles. The van der Waals surface area contributed by atoms with Crippen LogP contribution >= 0.6 is 0 Å². The summed E-state index contributed by atoms with van der Waals surface area (Å²) in [5.41, 5.74) is 5.89. The predicted molar refractivity (Wildman–Crippen MR) is 127 cm³/mol. The summed E-state index contributed by atoms with van der Waals surface area (Å²) in [7, 11) is 0. The van der Waals surface area contributed by atoms with Crippen molar-refractivity contribution < 1.29 is 4.79 Å². The molecule has 0 spiro atoms. The number of amides is 1. The van der Waals surface area contributed by atoms with E-state index in [4.69, 9.17) is 4.98 Å². The number of aromatic nitrogens is 1. The number of para-hydroxylation sites is 1. The van der Waals surface area contributed by atoms with Crippen molar-refractivity contribution in [3.05, 3.63) is 65.4 Å². The van der Waals surface area contributed by atoms with Gasteiger partial charge in [-0.25, -0.2) is 0 Å². The molecule has 0 saturated carbocycles. The van der Waals surface area contributed by atoms with Crippen LogP contribution in [0.3, 0.4) is 0 Å². The van der Waals surface area contributed by atoms with E-state index in [0.717, 1.165) is 72.6 Å². The van der Waals surface area contributed by atoms with Crippen LogP contribution in [0, 0.1) is 0 Å². The third kappa shape index (κ3) is 4.02. The second kappa shape index (κ2) is 8.67. The zero-order chi connectivity index (χ0) is 21.2. The molecule has 31 heavy (non-hydrogen) atoms. The summed E-state index contributed by atoms with van der Waals surface area (Å²) in [6, 6.07) is 16.3. The highest BCUT2D eigenvalue weighted by Gasteiger charge is 2.25. The lowest BCUT2D eigenvalue weighted by Gasteiger charge is -2.29. The van der Waals surface area contributed by atoms with Crippen LogP contribution in [-0.2, 0) is 13.0 Å². The summed E-state index contributed by atoms with van der Waals surface area (Å²) in [6.07, 6.45) is 4.73. The molecule has 1 aromatic heterocycles. The van der Waals surface area contributed by atoms with E-state index < -0.39 is 0 Å². The SMILES string of the molecule is CCN1CCc2nc3ccccc3c(C(=O)Nc3ccc(N4CCCCC4)cc3)c2C1. The Balaban J connectivity index is 1.45. The van der Waals surface area contributed by atoms with Crippen LogP contribution in [-0.4, -0.2) is 42.0 Å². The largest absolute Gasteiger partial charge is 0.372 e. The smallest absolute Gasteiger partial charge is 0.256 e. The van der Waals surface area contributed by atoms with Gasteiger partial charge in [0.1, 0.15) is 0 Å². The van der Waals surface area contributed by atoms with Gasteiger partial charge in [-0.2, -0.15) is 0 Å². The number of pyridine rings is 1. The van der Waals surface area contributed by atoms with E-state index in [1.54, 1.807) is 0 Å². The predicted octanol–water partition coefficient (Wildman–Crippen LogP) is 4.86.